The molecule has 0 saturated carbocycles. The second-order valence-electron chi connectivity index (χ2n) is 5.54. The minimum absolute atomic E-state index is 0.208. The van der Waals surface area contributed by atoms with E-state index in [2.05, 4.69) is 65.4 Å². The minimum Gasteiger partial charge on any atom is -0.377 e. The molecular weight excluding hydrogens is 324 g/mol. The van der Waals surface area contributed by atoms with Crippen molar-refractivity contribution < 1.29 is 0 Å². The monoisotopic (exact) mass is 342 g/mol. The lowest BCUT2D eigenvalue weighted by Gasteiger charge is -2.23. The predicted molar refractivity (Wildman–Crippen MR) is 91.1 cm³/mol. The molecule has 108 valence electrons. The Bertz CT molecular complexity index is 629. The summed E-state index contributed by atoms with van der Waals surface area (Å²) in [5.74, 6) is 0.573. The first-order valence-electron chi connectivity index (χ1n) is 7.11. The van der Waals surface area contributed by atoms with Crippen LogP contribution in [0.4, 0.5) is 5.69 Å². The van der Waals surface area contributed by atoms with Crippen molar-refractivity contribution >= 4 is 21.6 Å². The van der Waals surface area contributed by atoms with Gasteiger partial charge in [0.15, 0.2) is 0 Å². The molecule has 1 N–H and O–H groups in total. The Morgan fingerprint density at radius 3 is 2.48 bits per heavy atom. The van der Waals surface area contributed by atoms with E-state index < -0.39 is 0 Å². The van der Waals surface area contributed by atoms with Crippen molar-refractivity contribution in [2.45, 2.75) is 26.3 Å². The molecule has 0 amide bonds. The highest BCUT2D eigenvalue weighted by Crippen LogP contribution is 2.28. The van der Waals surface area contributed by atoms with Crippen molar-refractivity contribution in [1.29, 1.82) is 5.26 Å². The van der Waals surface area contributed by atoms with Crippen LogP contribution in [0, 0.1) is 17.2 Å². The lowest BCUT2D eigenvalue weighted by molar-refractivity contribution is 0.531. The molecule has 0 fully saturated rings. The van der Waals surface area contributed by atoms with Gasteiger partial charge in [-0.1, -0.05) is 60.1 Å². The zero-order chi connectivity index (χ0) is 15.2. The maximum Gasteiger partial charge on any atom is 0.101 e. The molecule has 3 heteroatoms. The molecule has 0 aliphatic carbocycles. The number of hydrogen-bond donors (Lipinski definition) is 1. The molecule has 1 atom stereocenters. The number of benzene rings is 2. The van der Waals surface area contributed by atoms with Gasteiger partial charge in [-0.05, 0) is 36.1 Å². The van der Waals surface area contributed by atoms with Gasteiger partial charge in [0.2, 0.25) is 0 Å². The number of nitrogens with zero attached hydrogens (tertiary/aromatic N) is 1. The van der Waals surface area contributed by atoms with Gasteiger partial charge in [0.05, 0.1) is 17.3 Å². The Labute approximate surface area is 134 Å². The molecule has 0 spiro atoms. The van der Waals surface area contributed by atoms with Crippen LogP contribution in [-0.2, 0) is 0 Å². The van der Waals surface area contributed by atoms with Gasteiger partial charge in [0.1, 0.15) is 6.07 Å². The second kappa shape index (κ2) is 7.28. The summed E-state index contributed by atoms with van der Waals surface area (Å²) in [4.78, 5) is 0. The minimum atomic E-state index is 0.208. The Kier molecular flexibility index (Phi) is 5.41. The third kappa shape index (κ3) is 4.34. The van der Waals surface area contributed by atoms with Gasteiger partial charge in [-0.2, -0.15) is 5.26 Å². The van der Waals surface area contributed by atoms with E-state index in [4.69, 9.17) is 0 Å². The second-order valence-corrected chi connectivity index (χ2v) is 6.45. The maximum absolute atomic E-state index is 9.30. The Hall–Kier alpha value is -1.79. The highest BCUT2D eigenvalue weighted by molar-refractivity contribution is 9.10. The van der Waals surface area contributed by atoms with Crippen LogP contribution in [0.2, 0.25) is 0 Å². The summed E-state index contributed by atoms with van der Waals surface area (Å²) in [6, 6.07) is 18.6. The van der Waals surface area contributed by atoms with E-state index in [-0.39, 0.29) is 6.04 Å². The quantitative estimate of drug-likeness (QED) is 0.776. The Balaban J connectivity index is 2.30. The first-order chi connectivity index (χ1) is 10.1. The van der Waals surface area contributed by atoms with Gasteiger partial charge in [0.25, 0.3) is 0 Å². The smallest absolute Gasteiger partial charge is 0.101 e. The first-order valence-corrected chi connectivity index (χ1v) is 7.90. The van der Waals surface area contributed by atoms with Gasteiger partial charge in [-0.3, -0.25) is 0 Å². The van der Waals surface area contributed by atoms with Gasteiger partial charge >= 0.3 is 0 Å². The maximum atomic E-state index is 9.30. The SMILES string of the molecule is CC(C)CC(Nc1ccc(Br)cc1C#N)c1ccccc1. The molecule has 2 aromatic rings. The molecule has 0 aliphatic rings. The third-order valence-corrected chi connectivity index (χ3v) is 3.83. The lowest BCUT2D eigenvalue weighted by atomic mass is 9.96. The van der Waals surface area contributed by atoms with E-state index >= 15 is 0 Å². The van der Waals surface area contributed by atoms with Crippen LogP contribution in [0.3, 0.4) is 0 Å². The van der Waals surface area contributed by atoms with Crippen molar-refractivity contribution in [3.63, 3.8) is 0 Å². The Morgan fingerprint density at radius 1 is 1.14 bits per heavy atom. The summed E-state index contributed by atoms with van der Waals surface area (Å²) >= 11 is 3.41. The lowest BCUT2D eigenvalue weighted by Crippen LogP contribution is -2.14. The van der Waals surface area contributed by atoms with Crippen LogP contribution in [0.25, 0.3) is 0 Å². The van der Waals surface area contributed by atoms with E-state index in [0.717, 1.165) is 16.6 Å². The fourth-order valence-electron chi connectivity index (χ4n) is 2.36. The van der Waals surface area contributed by atoms with Crippen molar-refractivity contribution in [2.24, 2.45) is 5.92 Å². The molecule has 0 heterocycles. The van der Waals surface area contributed by atoms with Crippen LogP contribution in [0.5, 0.6) is 0 Å². The molecular formula is C18H19BrN2. The van der Waals surface area contributed by atoms with Crippen molar-refractivity contribution in [1.82, 2.24) is 0 Å². The summed E-state index contributed by atoms with van der Waals surface area (Å²) in [5.41, 5.74) is 2.79. The molecule has 0 radical (unpaired) electrons. The molecule has 0 aliphatic heterocycles. The van der Waals surface area contributed by atoms with Crippen LogP contribution in [0.15, 0.2) is 53.0 Å². The first kappa shape index (κ1) is 15.6. The summed E-state index contributed by atoms with van der Waals surface area (Å²) < 4.78 is 0.921. The van der Waals surface area contributed by atoms with E-state index in [1.807, 2.05) is 24.3 Å². The van der Waals surface area contributed by atoms with Crippen molar-refractivity contribution in [3.05, 3.63) is 64.1 Å². The summed E-state index contributed by atoms with van der Waals surface area (Å²) in [6.45, 7) is 4.43. The van der Waals surface area contributed by atoms with Crippen molar-refractivity contribution in [3.8, 4) is 6.07 Å². The molecule has 2 aromatic carbocycles. The third-order valence-electron chi connectivity index (χ3n) is 3.34. The average molecular weight is 343 g/mol. The number of nitrogens with one attached hydrogen (secondary N) is 1. The van der Waals surface area contributed by atoms with E-state index in [1.165, 1.54) is 5.56 Å². The van der Waals surface area contributed by atoms with Gasteiger partial charge < -0.3 is 5.32 Å². The number of nitriles is 1. The fraction of sp³-hybridized carbons (Fsp3) is 0.278. The van der Waals surface area contributed by atoms with E-state index in [0.29, 0.717) is 11.5 Å². The van der Waals surface area contributed by atoms with E-state index in [9.17, 15) is 5.26 Å². The fourth-order valence-corrected chi connectivity index (χ4v) is 2.72. The van der Waals surface area contributed by atoms with Gasteiger partial charge in [-0.25, -0.2) is 0 Å². The standard InChI is InChI=1S/C18H19BrN2/c1-13(2)10-18(14-6-4-3-5-7-14)21-17-9-8-16(19)11-15(17)12-20/h3-9,11,13,18,21H,10H2,1-2H3. The summed E-state index contributed by atoms with van der Waals surface area (Å²) in [6.07, 6.45) is 1.02. The zero-order valence-electron chi connectivity index (χ0n) is 12.3. The molecule has 0 bridgehead atoms. The van der Waals surface area contributed by atoms with Crippen molar-refractivity contribution in [2.75, 3.05) is 5.32 Å². The van der Waals surface area contributed by atoms with Crippen LogP contribution >= 0.6 is 15.9 Å². The number of rotatable bonds is 5. The largest absolute Gasteiger partial charge is 0.377 e. The highest BCUT2D eigenvalue weighted by atomic mass is 79.9. The number of halogens is 1. The summed E-state index contributed by atoms with van der Waals surface area (Å²) in [7, 11) is 0. The number of hydrogen-bond acceptors (Lipinski definition) is 2. The topological polar surface area (TPSA) is 35.8 Å². The van der Waals surface area contributed by atoms with Crippen LogP contribution in [0.1, 0.15) is 37.4 Å². The van der Waals surface area contributed by atoms with E-state index in [1.54, 1.807) is 0 Å². The molecule has 21 heavy (non-hydrogen) atoms. The van der Waals surface area contributed by atoms with Gasteiger partial charge in [-0.15, -0.1) is 0 Å². The molecule has 0 saturated heterocycles. The Morgan fingerprint density at radius 2 is 1.86 bits per heavy atom. The molecule has 2 rings (SSSR count). The molecule has 0 aromatic heterocycles. The van der Waals surface area contributed by atoms with Crippen LogP contribution in [-0.4, -0.2) is 0 Å². The summed E-state index contributed by atoms with van der Waals surface area (Å²) in [5, 5.41) is 12.8. The average Bonchev–Trinajstić information content (AvgIpc) is 2.48. The molecule has 2 nitrogen and oxygen atoms in total. The zero-order valence-corrected chi connectivity index (χ0v) is 13.9. The predicted octanol–water partition coefficient (Wildman–Crippen LogP) is 5.52. The normalized spacial score (nSPS) is 12.0. The molecule has 1 unspecified atom stereocenters. The highest BCUT2D eigenvalue weighted by Gasteiger charge is 2.15. The van der Waals surface area contributed by atoms with Gasteiger partial charge in [0, 0.05) is 4.47 Å². The number of anilines is 1. The van der Waals surface area contributed by atoms with Crippen LogP contribution < -0.4 is 5.32 Å².